The van der Waals surface area contributed by atoms with Crippen molar-refractivity contribution in [2.24, 2.45) is 0 Å². The molecule has 0 spiro atoms. The second-order valence-electron chi connectivity index (χ2n) is 8.08. The standard InChI is InChI=1S/C25H23BrClF2N3O3/c26-20-10-17(23(33)32-18-8-6-15(7-9-18)12-25(27,28)29)11-21(30)22(20)31-13-19-14-34-24(35-19)16-4-2-1-3-5-16/h1-11,19,24,31H,12-14,30H2,(H,32,33)/t19-,24?/m0/s1. The first-order valence-corrected chi connectivity index (χ1v) is 12.0. The van der Waals surface area contributed by atoms with Crippen molar-refractivity contribution < 1.29 is 23.0 Å². The molecule has 0 saturated carbocycles. The van der Waals surface area contributed by atoms with Crippen LogP contribution in [0.1, 0.15) is 27.8 Å². The third-order valence-electron chi connectivity index (χ3n) is 5.33. The van der Waals surface area contributed by atoms with E-state index in [1.165, 1.54) is 24.3 Å². The van der Waals surface area contributed by atoms with Gasteiger partial charge >= 0.3 is 5.38 Å². The summed E-state index contributed by atoms with van der Waals surface area (Å²) < 4.78 is 38.2. The van der Waals surface area contributed by atoms with E-state index in [9.17, 15) is 13.6 Å². The molecule has 4 rings (SSSR count). The Balaban J connectivity index is 1.34. The molecule has 6 nitrogen and oxygen atoms in total. The minimum absolute atomic E-state index is 0.170. The summed E-state index contributed by atoms with van der Waals surface area (Å²) >= 11 is 8.44. The third kappa shape index (κ3) is 6.91. The molecule has 4 N–H and O–H groups in total. The normalized spacial score (nSPS) is 17.8. The van der Waals surface area contributed by atoms with Crippen molar-refractivity contribution >= 4 is 50.5 Å². The number of hydrogen-bond acceptors (Lipinski definition) is 5. The highest BCUT2D eigenvalue weighted by Crippen LogP contribution is 2.32. The lowest BCUT2D eigenvalue weighted by Gasteiger charge is -2.16. The lowest BCUT2D eigenvalue weighted by molar-refractivity contribution is -0.0579. The molecule has 1 aliphatic heterocycles. The van der Waals surface area contributed by atoms with E-state index in [2.05, 4.69) is 26.6 Å². The van der Waals surface area contributed by atoms with Gasteiger partial charge in [0.1, 0.15) is 6.10 Å². The highest BCUT2D eigenvalue weighted by Gasteiger charge is 2.27. The smallest absolute Gasteiger partial charge is 0.325 e. The van der Waals surface area contributed by atoms with Crippen molar-refractivity contribution in [2.45, 2.75) is 24.2 Å². The van der Waals surface area contributed by atoms with Crippen molar-refractivity contribution in [2.75, 3.05) is 29.5 Å². The van der Waals surface area contributed by atoms with Gasteiger partial charge in [-0.25, -0.2) is 0 Å². The molecule has 1 fully saturated rings. The van der Waals surface area contributed by atoms with Gasteiger partial charge < -0.3 is 25.8 Å². The molecule has 0 bridgehead atoms. The van der Waals surface area contributed by atoms with Crippen LogP contribution in [0, 0.1) is 0 Å². The number of alkyl halides is 3. The van der Waals surface area contributed by atoms with Crippen LogP contribution in [-0.2, 0) is 15.9 Å². The Hall–Kier alpha value is -2.72. The summed E-state index contributed by atoms with van der Waals surface area (Å²) in [7, 11) is 0. The molecule has 35 heavy (non-hydrogen) atoms. The first kappa shape index (κ1) is 25.4. The molecule has 3 aromatic rings. The van der Waals surface area contributed by atoms with Gasteiger partial charge in [-0.1, -0.05) is 42.5 Å². The van der Waals surface area contributed by atoms with E-state index in [-0.39, 0.29) is 6.10 Å². The van der Waals surface area contributed by atoms with Gasteiger partial charge in [0.25, 0.3) is 5.91 Å². The fourth-order valence-electron chi connectivity index (χ4n) is 3.64. The lowest BCUT2D eigenvalue weighted by atomic mass is 10.1. The number of rotatable bonds is 8. The molecule has 10 heteroatoms. The average Bonchev–Trinajstić information content (AvgIpc) is 3.28. The van der Waals surface area contributed by atoms with Crippen LogP contribution in [0.15, 0.2) is 71.2 Å². The van der Waals surface area contributed by atoms with E-state index in [0.717, 1.165) is 5.56 Å². The molecule has 1 amide bonds. The molecule has 184 valence electrons. The Morgan fingerprint density at radius 2 is 1.86 bits per heavy atom. The fourth-order valence-corrected chi connectivity index (χ4v) is 4.41. The molecule has 0 aromatic heterocycles. The number of nitrogens with one attached hydrogen (secondary N) is 2. The molecule has 2 atom stereocenters. The van der Waals surface area contributed by atoms with Crippen LogP contribution in [0.3, 0.4) is 0 Å². The number of ether oxygens (including phenoxy) is 2. The molecule has 1 aliphatic rings. The van der Waals surface area contributed by atoms with Crippen LogP contribution in [0.25, 0.3) is 0 Å². The molecule has 1 saturated heterocycles. The highest BCUT2D eigenvalue weighted by atomic mass is 79.9. The van der Waals surface area contributed by atoms with E-state index in [0.29, 0.717) is 45.8 Å². The number of hydrogen-bond donors (Lipinski definition) is 3. The summed E-state index contributed by atoms with van der Waals surface area (Å²) in [5, 5.41) is 2.67. The Kier molecular flexibility index (Phi) is 7.91. The summed E-state index contributed by atoms with van der Waals surface area (Å²) in [6.45, 7) is 0.900. The van der Waals surface area contributed by atoms with Crippen molar-refractivity contribution in [3.8, 4) is 0 Å². The van der Waals surface area contributed by atoms with Crippen LogP contribution >= 0.6 is 27.5 Å². The first-order valence-electron chi connectivity index (χ1n) is 10.8. The fraction of sp³-hybridized carbons (Fsp3) is 0.240. The van der Waals surface area contributed by atoms with Crippen LogP contribution in [0.2, 0.25) is 0 Å². The number of carbonyl (C=O) groups excluding carboxylic acids is 1. The first-order chi connectivity index (χ1) is 16.7. The van der Waals surface area contributed by atoms with E-state index in [1.54, 1.807) is 12.1 Å². The Morgan fingerprint density at radius 1 is 1.14 bits per heavy atom. The second-order valence-corrected chi connectivity index (χ2v) is 9.49. The zero-order valence-corrected chi connectivity index (χ0v) is 20.8. The van der Waals surface area contributed by atoms with E-state index in [1.807, 2.05) is 30.3 Å². The number of benzene rings is 3. The number of anilines is 3. The van der Waals surface area contributed by atoms with Crippen LogP contribution in [-0.4, -0.2) is 30.5 Å². The van der Waals surface area contributed by atoms with Crippen molar-refractivity contribution in [3.05, 3.63) is 87.9 Å². The van der Waals surface area contributed by atoms with Crippen LogP contribution in [0.4, 0.5) is 25.8 Å². The van der Waals surface area contributed by atoms with Gasteiger partial charge in [-0.3, -0.25) is 4.79 Å². The minimum Gasteiger partial charge on any atom is -0.397 e. The summed E-state index contributed by atoms with van der Waals surface area (Å²) in [5.74, 6) is -0.391. The lowest BCUT2D eigenvalue weighted by Crippen LogP contribution is -2.22. The molecule has 0 aliphatic carbocycles. The van der Waals surface area contributed by atoms with E-state index < -0.39 is 24.0 Å². The maximum absolute atomic E-state index is 12.9. The maximum Gasteiger partial charge on any atom is 0.325 e. The van der Waals surface area contributed by atoms with Crippen molar-refractivity contribution in [3.63, 3.8) is 0 Å². The van der Waals surface area contributed by atoms with Crippen LogP contribution < -0.4 is 16.4 Å². The molecular formula is C25H23BrClF2N3O3. The van der Waals surface area contributed by atoms with Crippen LogP contribution in [0.5, 0.6) is 0 Å². The van der Waals surface area contributed by atoms with Gasteiger partial charge in [0.15, 0.2) is 6.29 Å². The molecule has 1 heterocycles. The van der Waals surface area contributed by atoms with Gasteiger partial charge in [-0.15, -0.1) is 0 Å². The van der Waals surface area contributed by atoms with Gasteiger partial charge in [-0.2, -0.15) is 8.78 Å². The molecule has 1 unspecified atom stereocenters. The number of halogens is 4. The maximum atomic E-state index is 12.9. The predicted molar refractivity (Wildman–Crippen MR) is 136 cm³/mol. The number of carbonyl (C=O) groups is 1. The SMILES string of the molecule is Nc1cc(C(=O)Nc2ccc(CC(F)(F)Cl)cc2)cc(Br)c1NC[C@H]1COC(c2ccccc2)O1. The molecule has 3 aromatic carbocycles. The highest BCUT2D eigenvalue weighted by molar-refractivity contribution is 9.10. The molecular weight excluding hydrogens is 544 g/mol. The third-order valence-corrected chi connectivity index (χ3v) is 6.09. The van der Waals surface area contributed by atoms with Gasteiger partial charge in [-0.05, 0) is 57.4 Å². The van der Waals surface area contributed by atoms with Gasteiger partial charge in [0.2, 0.25) is 0 Å². The van der Waals surface area contributed by atoms with Gasteiger partial charge in [0.05, 0.1) is 24.4 Å². The monoisotopic (exact) mass is 565 g/mol. The largest absolute Gasteiger partial charge is 0.397 e. The van der Waals surface area contributed by atoms with Crippen molar-refractivity contribution in [1.29, 1.82) is 0 Å². The Bertz CT molecular complexity index is 1150. The molecule has 0 radical (unpaired) electrons. The van der Waals surface area contributed by atoms with E-state index in [4.69, 9.17) is 26.8 Å². The van der Waals surface area contributed by atoms with Crippen molar-refractivity contribution in [1.82, 2.24) is 0 Å². The quantitative estimate of drug-likeness (QED) is 0.224. The average molecular weight is 567 g/mol. The summed E-state index contributed by atoms with van der Waals surface area (Å²) in [4.78, 5) is 12.7. The number of nitrogen functional groups attached to an aromatic ring is 1. The second kappa shape index (κ2) is 10.9. The van der Waals surface area contributed by atoms with E-state index >= 15 is 0 Å². The number of amides is 1. The minimum atomic E-state index is -3.31. The predicted octanol–water partition coefficient (Wildman–Crippen LogP) is 6.18. The Labute approximate surface area is 214 Å². The topological polar surface area (TPSA) is 85.6 Å². The zero-order chi connectivity index (χ0) is 25.0. The summed E-state index contributed by atoms with van der Waals surface area (Å²) in [6, 6.07) is 19.0. The zero-order valence-electron chi connectivity index (χ0n) is 18.4. The van der Waals surface area contributed by atoms with Gasteiger partial charge in [0, 0.05) is 27.8 Å². The Morgan fingerprint density at radius 3 is 2.51 bits per heavy atom. The summed E-state index contributed by atoms with van der Waals surface area (Å²) in [5.41, 5.74) is 9.33. The number of nitrogens with two attached hydrogens (primary N) is 1. The summed E-state index contributed by atoms with van der Waals surface area (Å²) in [6.07, 6.45) is -1.17.